The Balaban J connectivity index is 2.32. The van der Waals surface area contributed by atoms with Crippen molar-refractivity contribution in [3.05, 3.63) is 59.9 Å². The highest BCUT2D eigenvalue weighted by molar-refractivity contribution is 5.39. The van der Waals surface area contributed by atoms with Crippen LogP contribution in [0, 0.1) is 5.82 Å². The summed E-state index contributed by atoms with van der Waals surface area (Å²) in [5.74, 6) is 1.16. The van der Waals surface area contributed by atoms with Gasteiger partial charge in [-0.2, -0.15) is 0 Å². The van der Waals surface area contributed by atoms with Crippen LogP contribution in [0.4, 0.5) is 4.39 Å². The Morgan fingerprint density at radius 3 is 2.50 bits per heavy atom. The second-order valence-electron chi connectivity index (χ2n) is 4.11. The van der Waals surface area contributed by atoms with Gasteiger partial charge in [0.05, 0.1) is 0 Å². The molecule has 94 valence electrons. The number of rotatable bonds is 4. The number of hydrogen-bond acceptors (Lipinski definition) is 2. The number of benzene rings is 2. The first kappa shape index (κ1) is 12.6. The van der Waals surface area contributed by atoms with Crippen molar-refractivity contribution in [2.75, 3.05) is 7.05 Å². The summed E-state index contributed by atoms with van der Waals surface area (Å²) in [6.07, 6.45) is 0. The van der Waals surface area contributed by atoms with Gasteiger partial charge >= 0.3 is 0 Å². The summed E-state index contributed by atoms with van der Waals surface area (Å²) >= 11 is 0. The third-order valence-corrected chi connectivity index (χ3v) is 2.84. The fourth-order valence-corrected chi connectivity index (χ4v) is 1.72. The molecule has 2 rings (SSSR count). The van der Waals surface area contributed by atoms with Crippen LogP contribution in [0.3, 0.4) is 0 Å². The Bertz CT molecular complexity index is 513. The minimum absolute atomic E-state index is 0.0272. The van der Waals surface area contributed by atoms with Gasteiger partial charge in [-0.1, -0.05) is 18.2 Å². The van der Waals surface area contributed by atoms with E-state index in [9.17, 15) is 4.39 Å². The van der Waals surface area contributed by atoms with E-state index in [0.717, 1.165) is 11.3 Å². The van der Waals surface area contributed by atoms with Crippen LogP contribution >= 0.6 is 0 Å². The topological polar surface area (TPSA) is 21.3 Å². The molecule has 2 aromatic rings. The summed E-state index contributed by atoms with van der Waals surface area (Å²) < 4.78 is 19.1. The number of halogens is 1. The lowest BCUT2D eigenvalue weighted by Crippen LogP contribution is -2.13. The minimum Gasteiger partial charge on any atom is -0.457 e. The molecular weight excluding hydrogens is 229 g/mol. The molecule has 0 bridgehead atoms. The van der Waals surface area contributed by atoms with E-state index in [1.807, 2.05) is 44.3 Å². The van der Waals surface area contributed by atoms with Crippen LogP contribution in [0.15, 0.2) is 48.5 Å². The van der Waals surface area contributed by atoms with E-state index in [4.69, 9.17) is 4.74 Å². The first-order valence-corrected chi connectivity index (χ1v) is 5.90. The van der Waals surface area contributed by atoms with Crippen LogP contribution in [0.25, 0.3) is 0 Å². The molecule has 1 unspecified atom stereocenters. The van der Waals surface area contributed by atoms with Gasteiger partial charge in [0, 0.05) is 11.6 Å². The molecule has 2 aromatic carbocycles. The highest BCUT2D eigenvalue weighted by Gasteiger charge is 2.12. The van der Waals surface area contributed by atoms with Crippen LogP contribution in [0.1, 0.15) is 18.5 Å². The molecule has 1 atom stereocenters. The minimum atomic E-state index is -0.257. The van der Waals surface area contributed by atoms with E-state index < -0.39 is 0 Å². The fourth-order valence-electron chi connectivity index (χ4n) is 1.72. The van der Waals surface area contributed by atoms with Crippen LogP contribution < -0.4 is 10.1 Å². The van der Waals surface area contributed by atoms with Gasteiger partial charge < -0.3 is 10.1 Å². The highest BCUT2D eigenvalue weighted by atomic mass is 19.1. The molecule has 0 spiro atoms. The molecule has 0 amide bonds. The summed E-state index contributed by atoms with van der Waals surface area (Å²) in [4.78, 5) is 0. The Kier molecular flexibility index (Phi) is 3.95. The first-order chi connectivity index (χ1) is 8.70. The van der Waals surface area contributed by atoms with Gasteiger partial charge in [0.2, 0.25) is 0 Å². The molecule has 0 aromatic heterocycles. The second kappa shape index (κ2) is 5.65. The predicted octanol–water partition coefficient (Wildman–Crippen LogP) is 3.90. The standard InChI is InChI=1S/C15H16FNO/c1-11(17-2)14-10-12(16)8-9-15(14)18-13-6-4-3-5-7-13/h3-11,17H,1-2H3. The molecule has 0 saturated heterocycles. The average Bonchev–Trinajstić information content (AvgIpc) is 2.41. The fraction of sp³-hybridized carbons (Fsp3) is 0.200. The molecule has 18 heavy (non-hydrogen) atoms. The number of ether oxygens (including phenoxy) is 1. The van der Waals surface area contributed by atoms with E-state index in [1.54, 1.807) is 6.07 Å². The van der Waals surface area contributed by atoms with Crippen LogP contribution in [0.2, 0.25) is 0 Å². The summed E-state index contributed by atoms with van der Waals surface area (Å²) in [5.41, 5.74) is 0.807. The van der Waals surface area contributed by atoms with Gasteiger partial charge in [-0.3, -0.25) is 0 Å². The quantitative estimate of drug-likeness (QED) is 0.882. The van der Waals surface area contributed by atoms with Gasteiger partial charge in [0.15, 0.2) is 0 Å². The van der Waals surface area contributed by atoms with Crippen LogP contribution in [-0.4, -0.2) is 7.05 Å². The van der Waals surface area contributed by atoms with Crippen molar-refractivity contribution < 1.29 is 9.13 Å². The maximum atomic E-state index is 13.3. The van der Waals surface area contributed by atoms with Crippen LogP contribution in [-0.2, 0) is 0 Å². The van der Waals surface area contributed by atoms with Crippen molar-refractivity contribution in [2.24, 2.45) is 0 Å². The average molecular weight is 245 g/mol. The largest absolute Gasteiger partial charge is 0.457 e. The molecule has 0 saturated carbocycles. The molecule has 0 fully saturated rings. The van der Waals surface area contributed by atoms with E-state index in [2.05, 4.69) is 5.32 Å². The second-order valence-corrected chi connectivity index (χ2v) is 4.11. The van der Waals surface area contributed by atoms with Crippen molar-refractivity contribution in [2.45, 2.75) is 13.0 Å². The zero-order chi connectivity index (χ0) is 13.0. The predicted molar refractivity (Wildman–Crippen MR) is 70.4 cm³/mol. The maximum absolute atomic E-state index is 13.3. The van der Waals surface area contributed by atoms with Crippen molar-refractivity contribution in [3.8, 4) is 11.5 Å². The van der Waals surface area contributed by atoms with Gasteiger partial charge in [0.25, 0.3) is 0 Å². The number of hydrogen-bond donors (Lipinski definition) is 1. The van der Waals surface area contributed by atoms with Crippen LogP contribution in [0.5, 0.6) is 11.5 Å². The lowest BCUT2D eigenvalue weighted by Gasteiger charge is -2.16. The molecule has 0 aliphatic carbocycles. The summed E-state index contributed by atoms with van der Waals surface area (Å²) in [6, 6.07) is 14.1. The Hall–Kier alpha value is -1.87. The van der Waals surface area contributed by atoms with Gasteiger partial charge in [-0.15, -0.1) is 0 Å². The van der Waals surface area contributed by atoms with E-state index >= 15 is 0 Å². The first-order valence-electron chi connectivity index (χ1n) is 5.90. The van der Waals surface area contributed by atoms with Gasteiger partial charge in [-0.25, -0.2) is 4.39 Å². The molecule has 0 radical (unpaired) electrons. The summed E-state index contributed by atoms with van der Waals surface area (Å²) in [6.45, 7) is 1.96. The lowest BCUT2D eigenvalue weighted by molar-refractivity contribution is 0.463. The van der Waals surface area contributed by atoms with Gasteiger partial charge in [0.1, 0.15) is 17.3 Å². The van der Waals surface area contributed by atoms with Crippen molar-refractivity contribution in [3.63, 3.8) is 0 Å². The van der Waals surface area contributed by atoms with Crippen molar-refractivity contribution in [1.29, 1.82) is 0 Å². The lowest BCUT2D eigenvalue weighted by atomic mass is 10.1. The third-order valence-electron chi connectivity index (χ3n) is 2.84. The molecule has 3 heteroatoms. The smallest absolute Gasteiger partial charge is 0.132 e. The Morgan fingerprint density at radius 1 is 1.11 bits per heavy atom. The van der Waals surface area contributed by atoms with E-state index in [-0.39, 0.29) is 11.9 Å². The zero-order valence-electron chi connectivity index (χ0n) is 10.5. The summed E-state index contributed by atoms with van der Waals surface area (Å²) in [7, 11) is 1.84. The zero-order valence-corrected chi connectivity index (χ0v) is 10.5. The molecular formula is C15H16FNO. The number of nitrogens with one attached hydrogen (secondary N) is 1. The van der Waals surface area contributed by atoms with Gasteiger partial charge in [-0.05, 0) is 44.3 Å². The Labute approximate surface area is 106 Å². The third kappa shape index (κ3) is 2.87. The van der Waals surface area contributed by atoms with Crippen molar-refractivity contribution in [1.82, 2.24) is 5.32 Å². The van der Waals surface area contributed by atoms with E-state index in [1.165, 1.54) is 12.1 Å². The van der Waals surface area contributed by atoms with E-state index in [0.29, 0.717) is 5.75 Å². The highest BCUT2D eigenvalue weighted by Crippen LogP contribution is 2.30. The molecule has 2 nitrogen and oxygen atoms in total. The normalized spacial score (nSPS) is 12.2. The molecule has 0 aliphatic heterocycles. The SMILES string of the molecule is CNC(C)c1cc(F)ccc1Oc1ccccc1. The number of para-hydroxylation sites is 1. The monoisotopic (exact) mass is 245 g/mol. The maximum Gasteiger partial charge on any atom is 0.132 e. The molecule has 1 N–H and O–H groups in total. The van der Waals surface area contributed by atoms with Crippen molar-refractivity contribution >= 4 is 0 Å². The molecule has 0 heterocycles. The Morgan fingerprint density at radius 2 is 1.83 bits per heavy atom. The summed E-state index contributed by atoms with van der Waals surface area (Å²) in [5, 5.41) is 3.09. The molecule has 0 aliphatic rings.